The van der Waals surface area contributed by atoms with Crippen molar-refractivity contribution < 1.29 is 27.9 Å². The van der Waals surface area contributed by atoms with Crippen LogP contribution in [-0.4, -0.2) is 29.8 Å². The maximum Gasteiger partial charge on any atom is 0.390 e. The van der Waals surface area contributed by atoms with E-state index in [-0.39, 0.29) is 11.3 Å². The van der Waals surface area contributed by atoms with Gasteiger partial charge >= 0.3 is 18.2 Å². The third-order valence-corrected chi connectivity index (χ3v) is 2.83. The number of hydrogen-bond donors (Lipinski definition) is 3. The van der Waals surface area contributed by atoms with E-state index in [1.807, 2.05) is 27.9 Å². The number of carbonyl (C=O) groups excluding carboxylic acids is 1. The van der Waals surface area contributed by atoms with Crippen molar-refractivity contribution in [1.29, 1.82) is 0 Å². The van der Waals surface area contributed by atoms with Gasteiger partial charge in [-0.3, -0.25) is 0 Å². The van der Waals surface area contributed by atoms with Gasteiger partial charge in [0.05, 0.1) is 17.7 Å². The number of rotatable bonds is 4. The highest BCUT2D eigenvalue weighted by molar-refractivity contribution is 14.1. The second-order valence-electron chi connectivity index (χ2n) is 3.74. The first kappa shape index (κ1) is 16.5. The summed E-state index contributed by atoms with van der Waals surface area (Å²) >= 11 is 1.90. The monoisotopic (exact) mass is 402 g/mol. The van der Waals surface area contributed by atoms with E-state index in [2.05, 4.69) is 5.32 Å². The molecular formula is C11H10F3IN2O3. The Balaban J connectivity index is 2.64. The van der Waals surface area contributed by atoms with Crippen LogP contribution in [0, 0.1) is 3.57 Å². The number of carboxylic acid groups (broad SMARTS) is 1. The second-order valence-corrected chi connectivity index (χ2v) is 4.99. The number of amides is 2. The van der Waals surface area contributed by atoms with Crippen molar-refractivity contribution in [2.75, 3.05) is 11.9 Å². The first-order valence-electron chi connectivity index (χ1n) is 5.33. The number of hydrogen-bond acceptors (Lipinski definition) is 2. The molecule has 1 rings (SSSR count). The Morgan fingerprint density at radius 1 is 1.30 bits per heavy atom. The minimum absolute atomic E-state index is 0.0161. The first-order valence-corrected chi connectivity index (χ1v) is 6.41. The average Bonchev–Trinajstić information content (AvgIpc) is 2.29. The number of urea groups is 1. The molecule has 3 N–H and O–H groups in total. The lowest BCUT2D eigenvalue weighted by Crippen LogP contribution is -2.32. The van der Waals surface area contributed by atoms with Crippen molar-refractivity contribution in [2.45, 2.75) is 12.6 Å². The van der Waals surface area contributed by atoms with Gasteiger partial charge in [0.15, 0.2) is 0 Å². The zero-order valence-electron chi connectivity index (χ0n) is 9.92. The van der Waals surface area contributed by atoms with Crippen LogP contribution < -0.4 is 10.6 Å². The Morgan fingerprint density at radius 2 is 1.95 bits per heavy atom. The van der Waals surface area contributed by atoms with Crippen LogP contribution in [0.15, 0.2) is 18.2 Å². The third-order valence-electron chi connectivity index (χ3n) is 2.15. The van der Waals surface area contributed by atoms with Crippen LogP contribution in [0.25, 0.3) is 0 Å². The summed E-state index contributed by atoms with van der Waals surface area (Å²) in [5.74, 6) is -1.24. The Hall–Kier alpha value is -1.52. The van der Waals surface area contributed by atoms with Crippen molar-refractivity contribution in [1.82, 2.24) is 5.32 Å². The number of carboxylic acids is 1. The largest absolute Gasteiger partial charge is 0.478 e. The molecule has 0 heterocycles. The molecule has 2 amide bonds. The van der Waals surface area contributed by atoms with Gasteiger partial charge in [0.2, 0.25) is 0 Å². The molecule has 0 aliphatic carbocycles. The van der Waals surface area contributed by atoms with Gasteiger partial charge in [-0.1, -0.05) is 0 Å². The van der Waals surface area contributed by atoms with Gasteiger partial charge in [0.1, 0.15) is 0 Å². The molecule has 0 aromatic heterocycles. The summed E-state index contributed by atoms with van der Waals surface area (Å²) in [4.78, 5) is 22.4. The normalized spacial score (nSPS) is 11.0. The van der Waals surface area contributed by atoms with Crippen molar-refractivity contribution in [2.24, 2.45) is 0 Å². The predicted octanol–water partition coefficient (Wildman–Crippen LogP) is 3.06. The molecule has 0 bridgehead atoms. The minimum Gasteiger partial charge on any atom is -0.478 e. The summed E-state index contributed by atoms with van der Waals surface area (Å²) in [7, 11) is 0. The van der Waals surface area contributed by atoms with E-state index in [1.165, 1.54) is 12.1 Å². The summed E-state index contributed by atoms with van der Waals surface area (Å²) in [5.41, 5.74) is -0.120. The summed E-state index contributed by atoms with van der Waals surface area (Å²) < 4.78 is 36.3. The van der Waals surface area contributed by atoms with Gasteiger partial charge < -0.3 is 15.7 Å². The maximum atomic E-state index is 11.9. The molecule has 20 heavy (non-hydrogen) atoms. The molecule has 0 unspecified atom stereocenters. The van der Waals surface area contributed by atoms with Crippen LogP contribution in [0.4, 0.5) is 23.7 Å². The first-order chi connectivity index (χ1) is 9.19. The fraction of sp³-hybridized carbons (Fsp3) is 0.273. The maximum absolute atomic E-state index is 11.9. The van der Waals surface area contributed by atoms with Crippen LogP contribution in [0.2, 0.25) is 0 Å². The minimum atomic E-state index is -4.36. The summed E-state index contributed by atoms with van der Waals surface area (Å²) in [5, 5.41) is 13.2. The molecule has 0 atom stereocenters. The van der Waals surface area contributed by atoms with Crippen molar-refractivity contribution in [3.63, 3.8) is 0 Å². The summed E-state index contributed by atoms with van der Waals surface area (Å²) in [6.45, 7) is -0.581. The molecule has 0 fully saturated rings. The molecule has 0 aliphatic heterocycles. The smallest absolute Gasteiger partial charge is 0.390 e. The van der Waals surface area contributed by atoms with Crippen LogP contribution >= 0.6 is 22.6 Å². The highest BCUT2D eigenvalue weighted by Crippen LogP contribution is 2.20. The van der Waals surface area contributed by atoms with E-state index >= 15 is 0 Å². The van der Waals surface area contributed by atoms with Gasteiger partial charge in [-0.15, -0.1) is 0 Å². The quantitative estimate of drug-likeness (QED) is 0.678. The van der Waals surface area contributed by atoms with Gasteiger partial charge in [-0.05, 0) is 40.8 Å². The molecule has 5 nitrogen and oxygen atoms in total. The van der Waals surface area contributed by atoms with E-state index in [1.54, 1.807) is 6.07 Å². The average molecular weight is 402 g/mol. The number of alkyl halides is 3. The molecule has 0 spiro atoms. The Bertz CT molecular complexity index is 520. The number of nitrogens with one attached hydrogen (secondary N) is 2. The highest BCUT2D eigenvalue weighted by Gasteiger charge is 2.26. The SMILES string of the molecule is O=C(NCCC(F)(F)F)Nc1ccc(I)cc1C(=O)O. The van der Waals surface area contributed by atoms with Gasteiger partial charge in [0, 0.05) is 10.1 Å². The van der Waals surface area contributed by atoms with E-state index < -0.39 is 31.1 Å². The fourth-order valence-corrected chi connectivity index (χ4v) is 1.78. The Morgan fingerprint density at radius 3 is 2.50 bits per heavy atom. The Labute approximate surface area is 125 Å². The standard InChI is InChI=1S/C11H10F3IN2O3/c12-11(13,14)3-4-16-10(20)17-8-2-1-6(15)5-7(8)9(18)19/h1-2,5H,3-4H2,(H,18,19)(H2,16,17,20). The van der Waals surface area contributed by atoms with Crippen molar-refractivity contribution >= 4 is 40.3 Å². The molecule has 110 valence electrons. The molecule has 1 aromatic carbocycles. The zero-order chi connectivity index (χ0) is 15.3. The number of anilines is 1. The molecule has 1 aromatic rings. The van der Waals surface area contributed by atoms with Crippen molar-refractivity contribution in [3.8, 4) is 0 Å². The summed E-state index contributed by atoms with van der Waals surface area (Å²) in [6.07, 6.45) is -5.51. The number of halogens is 4. The van der Waals surface area contributed by atoms with E-state index in [9.17, 15) is 22.8 Å². The zero-order valence-corrected chi connectivity index (χ0v) is 12.1. The molecule has 0 saturated carbocycles. The van der Waals surface area contributed by atoms with E-state index in [0.29, 0.717) is 3.57 Å². The van der Waals surface area contributed by atoms with E-state index in [0.717, 1.165) is 0 Å². The van der Waals surface area contributed by atoms with Crippen molar-refractivity contribution in [3.05, 3.63) is 27.3 Å². The highest BCUT2D eigenvalue weighted by atomic mass is 127. The lowest BCUT2D eigenvalue weighted by atomic mass is 10.2. The topological polar surface area (TPSA) is 78.4 Å². The lowest BCUT2D eigenvalue weighted by molar-refractivity contribution is -0.132. The second kappa shape index (κ2) is 6.77. The molecule has 0 radical (unpaired) electrons. The van der Waals surface area contributed by atoms with Crippen LogP contribution in [-0.2, 0) is 0 Å². The molecule has 0 aliphatic rings. The number of aromatic carboxylic acids is 1. The number of benzene rings is 1. The molecule has 0 saturated heterocycles. The molecular weight excluding hydrogens is 392 g/mol. The van der Waals surface area contributed by atoms with Crippen LogP contribution in [0.5, 0.6) is 0 Å². The van der Waals surface area contributed by atoms with Gasteiger partial charge in [0.25, 0.3) is 0 Å². The third kappa shape index (κ3) is 5.63. The van der Waals surface area contributed by atoms with Gasteiger partial charge in [-0.2, -0.15) is 13.2 Å². The Kier molecular flexibility index (Phi) is 5.60. The van der Waals surface area contributed by atoms with Crippen LogP contribution in [0.1, 0.15) is 16.8 Å². The summed E-state index contributed by atoms with van der Waals surface area (Å²) in [6, 6.07) is 3.39. The van der Waals surface area contributed by atoms with Gasteiger partial charge in [-0.25, -0.2) is 9.59 Å². The molecule has 9 heteroatoms. The van der Waals surface area contributed by atoms with E-state index in [4.69, 9.17) is 5.11 Å². The van der Waals surface area contributed by atoms with Crippen LogP contribution in [0.3, 0.4) is 0 Å². The predicted molar refractivity (Wildman–Crippen MR) is 73.8 cm³/mol. The number of carbonyl (C=O) groups is 2. The fourth-order valence-electron chi connectivity index (χ4n) is 1.29. The lowest BCUT2D eigenvalue weighted by Gasteiger charge is -2.11.